The Morgan fingerprint density at radius 2 is 2.11 bits per heavy atom. The largest absolute Gasteiger partial charge is 0.497 e. The minimum atomic E-state index is 0.339. The van der Waals surface area contributed by atoms with E-state index in [2.05, 4.69) is 18.0 Å². The van der Waals surface area contributed by atoms with Crippen molar-refractivity contribution < 1.29 is 9.47 Å². The first-order valence-electron chi connectivity index (χ1n) is 6.28. The molecule has 0 bridgehead atoms. The molecule has 2 N–H and O–H groups in total. The van der Waals surface area contributed by atoms with E-state index >= 15 is 0 Å². The number of rotatable bonds is 8. The molecule has 4 nitrogen and oxygen atoms in total. The van der Waals surface area contributed by atoms with Crippen LogP contribution in [-0.2, 0) is 4.74 Å². The molecule has 0 spiro atoms. The highest BCUT2D eigenvalue weighted by molar-refractivity contribution is 5.50. The van der Waals surface area contributed by atoms with E-state index in [1.165, 1.54) is 0 Å². The number of benzene rings is 1. The van der Waals surface area contributed by atoms with Gasteiger partial charge >= 0.3 is 0 Å². The maximum atomic E-state index is 5.58. The molecule has 0 radical (unpaired) electrons. The first-order chi connectivity index (χ1) is 8.72. The van der Waals surface area contributed by atoms with Gasteiger partial charge in [-0.2, -0.15) is 0 Å². The Morgan fingerprint density at radius 3 is 2.72 bits per heavy atom. The molecule has 0 heterocycles. The molecule has 0 aliphatic rings. The topological polar surface area (TPSA) is 47.7 Å². The summed E-state index contributed by atoms with van der Waals surface area (Å²) in [5, 5.41) is 0. The second-order valence-electron chi connectivity index (χ2n) is 4.35. The van der Waals surface area contributed by atoms with Gasteiger partial charge in [-0.05, 0) is 31.5 Å². The lowest BCUT2D eigenvalue weighted by Gasteiger charge is -2.29. The van der Waals surface area contributed by atoms with Crippen molar-refractivity contribution in [2.24, 2.45) is 5.73 Å². The predicted octanol–water partition coefficient (Wildman–Crippen LogP) is 1.89. The minimum Gasteiger partial charge on any atom is -0.497 e. The summed E-state index contributed by atoms with van der Waals surface area (Å²) in [6.07, 6.45) is 2.03. The van der Waals surface area contributed by atoms with Crippen molar-refractivity contribution in [3.05, 3.63) is 24.3 Å². The van der Waals surface area contributed by atoms with Gasteiger partial charge in [0, 0.05) is 25.9 Å². The second-order valence-corrected chi connectivity index (χ2v) is 4.35. The molecule has 18 heavy (non-hydrogen) atoms. The highest BCUT2D eigenvalue weighted by Gasteiger charge is 2.15. The van der Waals surface area contributed by atoms with Crippen LogP contribution < -0.4 is 15.4 Å². The first kappa shape index (κ1) is 14.8. The Bertz CT molecular complexity index is 344. The summed E-state index contributed by atoms with van der Waals surface area (Å²) in [6.45, 7) is 1.42. The number of hydrogen-bond acceptors (Lipinski definition) is 4. The van der Waals surface area contributed by atoms with Gasteiger partial charge in [0.05, 0.1) is 19.8 Å². The van der Waals surface area contributed by atoms with E-state index in [1.807, 2.05) is 18.2 Å². The summed E-state index contributed by atoms with van der Waals surface area (Å²) >= 11 is 0. The molecular formula is C14H24N2O2. The zero-order valence-corrected chi connectivity index (χ0v) is 11.6. The van der Waals surface area contributed by atoms with Crippen molar-refractivity contribution in [1.29, 1.82) is 0 Å². The van der Waals surface area contributed by atoms with Gasteiger partial charge < -0.3 is 20.1 Å². The van der Waals surface area contributed by atoms with Crippen molar-refractivity contribution in [3.8, 4) is 5.75 Å². The Labute approximate surface area is 110 Å². The lowest BCUT2D eigenvalue weighted by molar-refractivity contribution is 0.174. The van der Waals surface area contributed by atoms with Crippen LogP contribution in [0, 0.1) is 0 Å². The zero-order valence-electron chi connectivity index (χ0n) is 11.6. The minimum absolute atomic E-state index is 0.339. The summed E-state index contributed by atoms with van der Waals surface area (Å²) in [6, 6.07) is 8.39. The lowest BCUT2D eigenvalue weighted by Crippen LogP contribution is -2.35. The van der Waals surface area contributed by atoms with E-state index in [4.69, 9.17) is 15.2 Å². The summed E-state index contributed by atoms with van der Waals surface area (Å²) in [5.74, 6) is 0.870. The summed E-state index contributed by atoms with van der Waals surface area (Å²) in [5.41, 5.74) is 6.71. The van der Waals surface area contributed by atoms with Crippen molar-refractivity contribution in [3.63, 3.8) is 0 Å². The van der Waals surface area contributed by atoms with Crippen LogP contribution in [0.5, 0.6) is 5.75 Å². The van der Waals surface area contributed by atoms with Gasteiger partial charge in [-0.25, -0.2) is 0 Å². The maximum absolute atomic E-state index is 5.58. The molecule has 1 atom stereocenters. The fraction of sp³-hybridized carbons (Fsp3) is 0.571. The molecule has 4 heteroatoms. The third-order valence-corrected chi connectivity index (χ3v) is 3.11. The van der Waals surface area contributed by atoms with E-state index in [9.17, 15) is 0 Å². The van der Waals surface area contributed by atoms with Gasteiger partial charge in [0.15, 0.2) is 0 Å². The SMILES string of the molecule is COCC(CCCN)N(C)c1cccc(OC)c1. The molecular weight excluding hydrogens is 228 g/mol. The van der Waals surface area contributed by atoms with Crippen molar-refractivity contribution in [2.75, 3.05) is 39.3 Å². The highest BCUT2D eigenvalue weighted by Crippen LogP contribution is 2.22. The number of methoxy groups -OCH3 is 2. The van der Waals surface area contributed by atoms with E-state index in [-0.39, 0.29) is 0 Å². The van der Waals surface area contributed by atoms with Crippen LogP contribution in [0.4, 0.5) is 5.69 Å². The monoisotopic (exact) mass is 252 g/mol. The van der Waals surface area contributed by atoms with Crippen molar-refractivity contribution in [2.45, 2.75) is 18.9 Å². The molecule has 1 aromatic carbocycles. The van der Waals surface area contributed by atoms with Gasteiger partial charge in [-0.15, -0.1) is 0 Å². The zero-order chi connectivity index (χ0) is 13.4. The third kappa shape index (κ3) is 4.20. The maximum Gasteiger partial charge on any atom is 0.120 e. The number of likely N-dealkylation sites (N-methyl/N-ethyl adjacent to an activating group) is 1. The number of anilines is 1. The van der Waals surface area contributed by atoms with Crippen LogP contribution in [-0.4, -0.2) is 40.5 Å². The van der Waals surface area contributed by atoms with Gasteiger partial charge in [0.1, 0.15) is 5.75 Å². The standard InChI is InChI=1S/C14H24N2O2/c1-16(13(11-17-2)7-5-9-15)12-6-4-8-14(10-12)18-3/h4,6,8,10,13H,5,7,9,11,15H2,1-3H3. The van der Waals surface area contributed by atoms with Gasteiger partial charge in [-0.3, -0.25) is 0 Å². The van der Waals surface area contributed by atoms with Crippen LogP contribution in [0.3, 0.4) is 0 Å². The van der Waals surface area contributed by atoms with Crippen LogP contribution in [0.25, 0.3) is 0 Å². The predicted molar refractivity (Wildman–Crippen MR) is 75.3 cm³/mol. The fourth-order valence-corrected chi connectivity index (χ4v) is 1.98. The number of nitrogens with zero attached hydrogens (tertiary/aromatic N) is 1. The van der Waals surface area contributed by atoms with Crippen LogP contribution in [0.15, 0.2) is 24.3 Å². The molecule has 0 aliphatic carbocycles. The number of nitrogens with two attached hydrogens (primary N) is 1. The van der Waals surface area contributed by atoms with Crippen molar-refractivity contribution >= 4 is 5.69 Å². The summed E-state index contributed by atoms with van der Waals surface area (Å²) < 4.78 is 10.5. The normalized spacial score (nSPS) is 12.2. The smallest absolute Gasteiger partial charge is 0.120 e. The van der Waals surface area contributed by atoms with Crippen LogP contribution in [0.1, 0.15) is 12.8 Å². The first-order valence-corrected chi connectivity index (χ1v) is 6.28. The van der Waals surface area contributed by atoms with E-state index in [0.717, 1.165) is 24.3 Å². The molecule has 0 aliphatic heterocycles. The third-order valence-electron chi connectivity index (χ3n) is 3.11. The Hall–Kier alpha value is -1.26. The van der Waals surface area contributed by atoms with Gasteiger partial charge in [0.25, 0.3) is 0 Å². The van der Waals surface area contributed by atoms with Gasteiger partial charge in [0.2, 0.25) is 0 Å². The molecule has 0 fully saturated rings. The Balaban J connectivity index is 2.76. The molecule has 0 saturated carbocycles. The summed E-state index contributed by atoms with van der Waals surface area (Å²) in [7, 11) is 5.49. The Kier molecular flexibility index (Phi) is 6.54. The number of hydrogen-bond donors (Lipinski definition) is 1. The second kappa shape index (κ2) is 7.95. The number of ether oxygens (including phenoxy) is 2. The van der Waals surface area contributed by atoms with Crippen LogP contribution in [0.2, 0.25) is 0 Å². The van der Waals surface area contributed by atoms with E-state index < -0.39 is 0 Å². The molecule has 1 unspecified atom stereocenters. The highest BCUT2D eigenvalue weighted by atomic mass is 16.5. The van der Waals surface area contributed by atoms with E-state index in [0.29, 0.717) is 19.2 Å². The average molecular weight is 252 g/mol. The van der Waals surface area contributed by atoms with Crippen LogP contribution >= 0.6 is 0 Å². The summed E-state index contributed by atoms with van der Waals surface area (Å²) in [4.78, 5) is 2.22. The molecule has 0 aromatic heterocycles. The molecule has 1 aromatic rings. The van der Waals surface area contributed by atoms with Crippen molar-refractivity contribution in [1.82, 2.24) is 0 Å². The molecule has 0 amide bonds. The molecule has 102 valence electrons. The lowest BCUT2D eigenvalue weighted by atomic mass is 10.1. The van der Waals surface area contributed by atoms with Gasteiger partial charge in [-0.1, -0.05) is 6.07 Å². The molecule has 1 rings (SSSR count). The Morgan fingerprint density at radius 1 is 1.33 bits per heavy atom. The molecule has 0 saturated heterocycles. The quantitative estimate of drug-likeness (QED) is 0.767. The van der Waals surface area contributed by atoms with E-state index in [1.54, 1.807) is 14.2 Å². The average Bonchev–Trinajstić information content (AvgIpc) is 2.42. The fourth-order valence-electron chi connectivity index (χ4n) is 1.98.